The van der Waals surface area contributed by atoms with Gasteiger partial charge in [0.1, 0.15) is 15.9 Å². The number of piperidine rings is 1. The van der Waals surface area contributed by atoms with E-state index in [1.165, 1.54) is 6.92 Å². The summed E-state index contributed by atoms with van der Waals surface area (Å²) in [6.07, 6.45) is 1.14. The van der Waals surface area contributed by atoms with Crippen LogP contribution < -0.4 is 10.2 Å². The van der Waals surface area contributed by atoms with Crippen molar-refractivity contribution in [3.8, 4) is 0 Å². The zero-order valence-corrected chi connectivity index (χ0v) is 18.0. The summed E-state index contributed by atoms with van der Waals surface area (Å²) in [6.45, 7) is 12.5. The molecule has 1 N–H and O–H groups in total. The molecule has 2 rings (SSSR count). The minimum Gasteiger partial charge on any atom is -0.444 e. The Morgan fingerprint density at radius 1 is 1.31 bits per heavy atom. The summed E-state index contributed by atoms with van der Waals surface area (Å²) in [5, 5.41) is 3.00. The quantitative estimate of drug-likeness (QED) is 0.578. The predicted molar refractivity (Wildman–Crippen MR) is 106 cm³/mol. The second-order valence-corrected chi connectivity index (χ2v) is 8.95. The molecule has 0 unspecified atom stereocenters. The first kappa shape index (κ1) is 20.7. The van der Waals surface area contributed by atoms with Gasteiger partial charge in [0, 0.05) is 25.6 Å². The van der Waals surface area contributed by atoms with E-state index in [-0.39, 0.29) is 17.4 Å². The first-order chi connectivity index (χ1) is 11.9. The lowest BCUT2D eigenvalue weighted by molar-refractivity contribution is 0.0448. The highest BCUT2D eigenvalue weighted by atomic mass is 79.9. The number of hydrogen-bond acceptors (Lipinski definition) is 5. The summed E-state index contributed by atoms with van der Waals surface area (Å²) in [5.74, 6) is -0.0547. The molecule has 7 heteroatoms. The van der Waals surface area contributed by atoms with Crippen molar-refractivity contribution in [1.29, 1.82) is 0 Å². The van der Waals surface area contributed by atoms with Gasteiger partial charge in [0.05, 0.1) is 5.69 Å². The molecule has 0 aliphatic carbocycles. The van der Waals surface area contributed by atoms with Gasteiger partial charge < -0.3 is 15.0 Å². The second kappa shape index (κ2) is 7.55. The number of rotatable bonds is 3. The number of nitrogens with zero attached hydrogens (tertiary/aromatic N) is 2. The van der Waals surface area contributed by atoms with Crippen LogP contribution in [0.3, 0.4) is 0 Å². The Morgan fingerprint density at radius 3 is 2.38 bits per heavy atom. The number of carbonyl (C=O) groups excluding carboxylic acids is 2. The van der Waals surface area contributed by atoms with Gasteiger partial charge in [-0.3, -0.25) is 4.79 Å². The molecule has 1 aromatic rings. The smallest absolute Gasteiger partial charge is 0.408 e. The number of amides is 1. The minimum atomic E-state index is -0.516. The molecule has 1 aliphatic heterocycles. The van der Waals surface area contributed by atoms with Crippen LogP contribution in [0.4, 0.5) is 10.5 Å². The fourth-order valence-electron chi connectivity index (χ4n) is 2.99. The van der Waals surface area contributed by atoms with Crippen molar-refractivity contribution < 1.29 is 14.3 Å². The number of Topliss-reactive ketones (excluding diaryl/α,β-unsaturated/α-hetero) is 1. The highest BCUT2D eigenvalue weighted by Crippen LogP contribution is 2.31. The Hall–Kier alpha value is -1.63. The summed E-state index contributed by atoms with van der Waals surface area (Å²) in [6, 6.07) is 2.00. The molecule has 0 aromatic carbocycles. The van der Waals surface area contributed by atoms with Gasteiger partial charge in [-0.1, -0.05) is 0 Å². The number of aryl methyl sites for hydroxylation is 1. The Labute approximate surface area is 163 Å². The molecule has 144 valence electrons. The lowest BCUT2D eigenvalue weighted by atomic mass is 9.89. The van der Waals surface area contributed by atoms with E-state index in [4.69, 9.17) is 4.74 Å². The van der Waals surface area contributed by atoms with Crippen LogP contribution in [-0.2, 0) is 4.74 Å². The Morgan fingerprint density at radius 2 is 1.88 bits per heavy atom. The molecule has 26 heavy (non-hydrogen) atoms. The molecule has 1 aliphatic rings. The molecule has 0 radical (unpaired) electrons. The molecule has 0 atom stereocenters. The molecular formula is C19H28BrN3O3. The Balaban J connectivity index is 2.10. The maximum absolute atomic E-state index is 12.1. The van der Waals surface area contributed by atoms with Crippen molar-refractivity contribution in [2.45, 2.75) is 65.5 Å². The van der Waals surface area contributed by atoms with E-state index in [0.717, 1.165) is 37.2 Å². The third kappa shape index (κ3) is 5.19. The molecule has 0 spiro atoms. The number of ketones is 1. The Kier molecular flexibility index (Phi) is 6.00. The minimum absolute atomic E-state index is 0.0547. The molecule has 2 heterocycles. The van der Waals surface area contributed by atoms with Gasteiger partial charge in [0.25, 0.3) is 0 Å². The fraction of sp³-hybridized carbons (Fsp3) is 0.632. The van der Waals surface area contributed by atoms with Crippen LogP contribution in [-0.4, -0.2) is 41.1 Å². The monoisotopic (exact) mass is 425 g/mol. The number of aromatic nitrogens is 1. The summed E-state index contributed by atoms with van der Waals surface area (Å²) >= 11 is 3.40. The molecular weight excluding hydrogens is 398 g/mol. The molecule has 0 saturated carbocycles. The van der Waals surface area contributed by atoms with E-state index < -0.39 is 5.60 Å². The summed E-state index contributed by atoms with van der Waals surface area (Å²) in [7, 11) is 0. The first-order valence-electron chi connectivity index (χ1n) is 8.84. The number of halogens is 1. The van der Waals surface area contributed by atoms with Gasteiger partial charge in [-0.2, -0.15) is 0 Å². The lowest BCUT2D eigenvalue weighted by Crippen LogP contribution is -2.54. The highest BCUT2D eigenvalue weighted by molar-refractivity contribution is 9.10. The van der Waals surface area contributed by atoms with Crippen LogP contribution in [0.2, 0.25) is 0 Å². The third-order valence-electron chi connectivity index (χ3n) is 4.48. The first-order valence-corrected chi connectivity index (χ1v) is 9.64. The molecule has 1 aromatic heterocycles. The van der Waals surface area contributed by atoms with Crippen molar-refractivity contribution in [2.24, 2.45) is 0 Å². The van der Waals surface area contributed by atoms with Gasteiger partial charge in [0.15, 0.2) is 5.78 Å². The maximum Gasteiger partial charge on any atom is 0.408 e. The van der Waals surface area contributed by atoms with Crippen LogP contribution in [0.1, 0.15) is 63.5 Å². The zero-order valence-electron chi connectivity index (χ0n) is 16.4. The zero-order chi connectivity index (χ0) is 19.7. The standard InChI is InChI=1S/C19H28BrN3O3/c1-12-11-14(15(13(2)24)21-16(12)20)23-9-7-19(6,8-10-23)22-17(25)26-18(3,4)5/h11H,7-10H2,1-6H3,(H,22,25). The van der Waals surface area contributed by atoms with Crippen molar-refractivity contribution >= 4 is 33.5 Å². The molecule has 0 bridgehead atoms. The van der Waals surface area contributed by atoms with Crippen molar-refractivity contribution in [3.63, 3.8) is 0 Å². The Bertz CT molecular complexity index is 705. The SMILES string of the molecule is CC(=O)c1nc(Br)c(C)cc1N1CCC(C)(NC(=O)OC(C)(C)C)CC1. The van der Waals surface area contributed by atoms with Gasteiger partial charge in [-0.05, 0) is 75.0 Å². The van der Waals surface area contributed by atoms with Crippen molar-refractivity contribution in [3.05, 3.63) is 21.9 Å². The van der Waals surface area contributed by atoms with Crippen LogP contribution in [0, 0.1) is 6.92 Å². The molecule has 6 nitrogen and oxygen atoms in total. The number of hydrogen-bond donors (Lipinski definition) is 1. The maximum atomic E-state index is 12.1. The van der Waals surface area contributed by atoms with Gasteiger partial charge in [0.2, 0.25) is 0 Å². The number of anilines is 1. The van der Waals surface area contributed by atoms with Crippen molar-refractivity contribution in [1.82, 2.24) is 10.3 Å². The molecule has 1 saturated heterocycles. The fourth-order valence-corrected chi connectivity index (χ4v) is 3.28. The van der Waals surface area contributed by atoms with E-state index in [1.807, 2.05) is 40.7 Å². The summed E-state index contributed by atoms with van der Waals surface area (Å²) in [4.78, 5) is 30.7. The van der Waals surface area contributed by atoms with E-state index in [2.05, 4.69) is 31.1 Å². The highest BCUT2D eigenvalue weighted by Gasteiger charge is 2.34. The number of ether oxygens (including phenoxy) is 1. The normalized spacial score (nSPS) is 17.0. The summed E-state index contributed by atoms with van der Waals surface area (Å²) in [5.41, 5.74) is 1.49. The van der Waals surface area contributed by atoms with Crippen LogP contribution >= 0.6 is 15.9 Å². The van der Waals surface area contributed by atoms with Crippen LogP contribution in [0.25, 0.3) is 0 Å². The predicted octanol–water partition coefficient (Wildman–Crippen LogP) is 4.24. The number of nitrogens with one attached hydrogen (secondary N) is 1. The van der Waals surface area contributed by atoms with Gasteiger partial charge in [-0.25, -0.2) is 9.78 Å². The topological polar surface area (TPSA) is 71.5 Å². The largest absolute Gasteiger partial charge is 0.444 e. The van der Waals surface area contributed by atoms with E-state index in [0.29, 0.717) is 10.3 Å². The molecule has 1 amide bonds. The van der Waals surface area contributed by atoms with Crippen molar-refractivity contribution in [2.75, 3.05) is 18.0 Å². The number of alkyl carbamates (subject to hydrolysis) is 1. The van der Waals surface area contributed by atoms with E-state index in [1.54, 1.807) is 0 Å². The van der Waals surface area contributed by atoms with E-state index >= 15 is 0 Å². The number of pyridine rings is 1. The third-order valence-corrected chi connectivity index (χ3v) is 5.28. The second-order valence-electron chi connectivity index (χ2n) is 8.19. The number of carbonyl (C=O) groups is 2. The van der Waals surface area contributed by atoms with Gasteiger partial charge in [-0.15, -0.1) is 0 Å². The van der Waals surface area contributed by atoms with Gasteiger partial charge >= 0.3 is 6.09 Å². The molecule has 1 fully saturated rings. The van der Waals surface area contributed by atoms with E-state index in [9.17, 15) is 9.59 Å². The average Bonchev–Trinajstić information content (AvgIpc) is 2.47. The lowest BCUT2D eigenvalue weighted by Gasteiger charge is -2.41. The summed E-state index contributed by atoms with van der Waals surface area (Å²) < 4.78 is 6.07. The van der Waals surface area contributed by atoms with Crippen LogP contribution in [0.5, 0.6) is 0 Å². The average molecular weight is 426 g/mol. The van der Waals surface area contributed by atoms with Crippen LogP contribution in [0.15, 0.2) is 10.7 Å².